The SMILES string of the molecule is CC(C)n1cc(CN2CCC[C@]3(CN(C)CC[C@@H]3O)C2)cn1. The van der Waals surface area contributed by atoms with Gasteiger partial charge in [0.15, 0.2) is 0 Å². The zero-order chi connectivity index (χ0) is 15.7. The number of nitrogens with zero attached hydrogens (tertiary/aromatic N) is 4. The number of rotatable bonds is 3. The Kier molecular flexibility index (Phi) is 4.57. The average molecular weight is 306 g/mol. The van der Waals surface area contributed by atoms with Crippen LogP contribution in [0.5, 0.6) is 0 Å². The highest BCUT2D eigenvalue weighted by atomic mass is 16.3. The summed E-state index contributed by atoms with van der Waals surface area (Å²) in [5, 5.41) is 15.0. The largest absolute Gasteiger partial charge is 0.392 e. The second-order valence-corrected chi connectivity index (χ2v) is 7.64. The third-order valence-corrected chi connectivity index (χ3v) is 5.35. The van der Waals surface area contributed by atoms with E-state index in [-0.39, 0.29) is 11.5 Å². The summed E-state index contributed by atoms with van der Waals surface area (Å²) < 4.78 is 2.03. The van der Waals surface area contributed by atoms with Crippen LogP contribution < -0.4 is 0 Å². The van der Waals surface area contributed by atoms with Gasteiger partial charge in [-0.05, 0) is 46.7 Å². The van der Waals surface area contributed by atoms with Crippen molar-refractivity contribution >= 4 is 0 Å². The average Bonchev–Trinajstić information content (AvgIpc) is 2.92. The van der Waals surface area contributed by atoms with E-state index in [4.69, 9.17) is 0 Å². The van der Waals surface area contributed by atoms with Gasteiger partial charge in [0.1, 0.15) is 0 Å². The lowest BCUT2D eigenvalue weighted by Crippen LogP contribution is -2.58. The van der Waals surface area contributed by atoms with Crippen LogP contribution in [0.2, 0.25) is 0 Å². The molecular weight excluding hydrogens is 276 g/mol. The first-order valence-corrected chi connectivity index (χ1v) is 8.60. The lowest BCUT2D eigenvalue weighted by atomic mass is 9.71. The predicted octanol–water partition coefficient (Wildman–Crippen LogP) is 1.74. The zero-order valence-electron chi connectivity index (χ0n) is 14.2. The molecule has 2 aliphatic rings. The highest BCUT2D eigenvalue weighted by Gasteiger charge is 2.44. The zero-order valence-corrected chi connectivity index (χ0v) is 14.2. The Hall–Kier alpha value is -0.910. The Balaban J connectivity index is 1.67. The van der Waals surface area contributed by atoms with Crippen molar-refractivity contribution in [2.24, 2.45) is 5.41 Å². The Bertz CT molecular complexity index is 501. The van der Waals surface area contributed by atoms with Crippen molar-refractivity contribution in [2.45, 2.75) is 51.8 Å². The van der Waals surface area contributed by atoms with Crippen LogP contribution in [0.1, 0.15) is 44.7 Å². The number of hydrogen-bond acceptors (Lipinski definition) is 4. The van der Waals surface area contributed by atoms with Crippen LogP contribution in [-0.2, 0) is 6.54 Å². The molecule has 3 rings (SSSR count). The fraction of sp³-hybridized carbons (Fsp3) is 0.824. The van der Waals surface area contributed by atoms with Gasteiger partial charge in [-0.2, -0.15) is 5.10 Å². The fourth-order valence-corrected chi connectivity index (χ4v) is 4.16. The van der Waals surface area contributed by atoms with Crippen molar-refractivity contribution < 1.29 is 5.11 Å². The molecule has 0 bridgehead atoms. The van der Waals surface area contributed by atoms with Crippen LogP contribution >= 0.6 is 0 Å². The van der Waals surface area contributed by atoms with Gasteiger partial charge in [-0.15, -0.1) is 0 Å². The van der Waals surface area contributed by atoms with Crippen LogP contribution in [0.25, 0.3) is 0 Å². The lowest BCUT2D eigenvalue weighted by molar-refractivity contribution is -0.0807. The minimum Gasteiger partial charge on any atom is -0.392 e. The molecule has 2 saturated heterocycles. The molecule has 1 aromatic heterocycles. The molecule has 3 heterocycles. The van der Waals surface area contributed by atoms with Crippen molar-refractivity contribution in [3.05, 3.63) is 18.0 Å². The molecule has 124 valence electrons. The number of hydrogen-bond donors (Lipinski definition) is 1. The summed E-state index contributed by atoms with van der Waals surface area (Å²) in [6.07, 6.45) is 7.25. The summed E-state index contributed by atoms with van der Waals surface area (Å²) in [6, 6.07) is 0.412. The van der Waals surface area contributed by atoms with Crippen molar-refractivity contribution in [1.82, 2.24) is 19.6 Å². The molecule has 0 radical (unpaired) electrons. The van der Waals surface area contributed by atoms with Gasteiger partial charge < -0.3 is 10.0 Å². The number of aliphatic hydroxyl groups excluding tert-OH is 1. The molecule has 0 aromatic carbocycles. The molecule has 0 saturated carbocycles. The number of aromatic nitrogens is 2. The number of piperidine rings is 2. The second kappa shape index (κ2) is 6.30. The maximum absolute atomic E-state index is 10.6. The van der Waals surface area contributed by atoms with E-state index in [2.05, 4.69) is 42.0 Å². The summed E-state index contributed by atoms with van der Waals surface area (Å²) in [5.41, 5.74) is 1.35. The van der Waals surface area contributed by atoms with Gasteiger partial charge in [0.25, 0.3) is 0 Å². The van der Waals surface area contributed by atoms with E-state index < -0.39 is 0 Å². The van der Waals surface area contributed by atoms with Gasteiger partial charge in [0, 0.05) is 49.4 Å². The first-order valence-electron chi connectivity index (χ1n) is 8.60. The van der Waals surface area contributed by atoms with Crippen LogP contribution in [0.15, 0.2) is 12.4 Å². The number of likely N-dealkylation sites (tertiary alicyclic amines) is 2. The quantitative estimate of drug-likeness (QED) is 0.924. The molecule has 5 nitrogen and oxygen atoms in total. The highest BCUT2D eigenvalue weighted by Crippen LogP contribution is 2.38. The smallest absolute Gasteiger partial charge is 0.0633 e. The van der Waals surface area contributed by atoms with Gasteiger partial charge in [-0.3, -0.25) is 9.58 Å². The Labute approximate surface area is 133 Å². The fourth-order valence-electron chi connectivity index (χ4n) is 4.16. The monoisotopic (exact) mass is 306 g/mol. The van der Waals surface area contributed by atoms with Crippen LogP contribution in [0, 0.1) is 5.41 Å². The van der Waals surface area contributed by atoms with Crippen LogP contribution in [-0.4, -0.2) is 64.0 Å². The van der Waals surface area contributed by atoms with E-state index in [1.54, 1.807) is 0 Å². The topological polar surface area (TPSA) is 44.5 Å². The van der Waals surface area contributed by atoms with Crippen molar-refractivity contribution in [3.63, 3.8) is 0 Å². The molecular formula is C17H30N4O. The maximum atomic E-state index is 10.6. The summed E-state index contributed by atoms with van der Waals surface area (Å²) in [5.74, 6) is 0. The lowest BCUT2D eigenvalue weighted by Gasteiger charge is -2.50. The van der Waals surface area contributed by atoms with Gasteiger partial charge in [-0.1, -0.05) is 0 Å². The Morgan fingerprint density at radius 2 is 2.18 bits per heavy atom. The van der Waals surface area contributed by atoms with Crippen LogP contribution in [0.3, 0.4) is 0 Å². The molecule has 0 unspecified atom stereocenters. The van der Waals surface area contributed by atoms with E-state index in [9.17, 15) is 5.11 Å². The molecule has 5 heteroatoms. The van der Waals surface area contributed by atoms with Gasteiger partial charge >= 0.3 is 0 Å². The number of aliphatic hydroxyl groups is 1. The molecule has 2 fully saturated rings. The minimum atomic E-state index is -0.148. The van der Waals surface area contributed by atoms with E-state index in [1.165, 1.54) is 12.0 Å². The third kappa shape index (κ3) is 3.21. The van der Waals surface area contributed by atoms with Gasteiger partial charge in [0.2, 0.25) is 0 Å². The normalized spacial score (nSPS) is 31.2. The van der Waals surface area contributed by atoms with Crippen molar-refractivity contribution in [2.75, 3.05) is 33.2 Å². The Morgan fingerprint density at radius 1 is 1.36 bits per heavy atom. The predicted molar refractivity (Wildman–Crippen MR) is 87.7 cm³/mol. The molecule has 2 atom stereocenters. The summed E-state index contributed by atoms with van der Waals surface area (Å²) in [6.45, 7) is 9.43. The van der Waals surface area contributed by atoms with E-state index in [0.717, 1.165) is 45.6 Å². The summed E-state index contributed by atoms with van der Waals surface area (Å²) in [4.78, 5) is 4.89. The Morgan fingerprint density at radius 3 is 2.91 bits per heavy atom. The first-order chi connectivity index (χ1) is 10.5. The molecule has 0 amide bonds. The first kappa shape index (κ1) is 16.0. The van der Waals surface area contributed by atoms with E-state index >= 15 is 0 Å². The molecule has 2 aliphatic heterocycles. The van der Waals surface area contributed by atoms with Crippen molar-refractivity contribution in [3.8, 4) is 0 Å². The third-order valence-electron chi connectivity index (χ3n) is 5.35. The van der Waals surface area contributed by atoms with Gasteiger partial charge in [0.05, 0.1) is 12.3 Å². The second-order valence-electron chi connectivity index (χ2n) is 7.64. The van der Waals surface area contributed by atoms with E-state index in [0.29, 0.717) is 6.04 Å². The van der Waals surface area contributed by atoms with Gasteiger partial charge in [-0.25, -0.2) is 0 Å². The van der Waals surface area contributed by atoms with Crippen molar-refractivity contribution in [1.29, 1.82) is 0 Å². The highest BCUT2D eigenvalue weighted by molar-refractivity contribution is 5.06. The van der Waals surface area contributed by atoms with Crippen LogP contribution in [0.4, 0.5) is 0 Å². The maximum Gasteiger partial charge on any atom is 0.0633 e. The molecule has 0 aliphatic carbocycles. The molecule has 22 heavy (non-hydrogen) atoms. The van der Waals surface area contributed by atoms with E-state index in [1.807, 2.05) is 10.9 Å². The molecule has 1 aromatic rings. The standard InChI is InChI=1S/C17H30N4O/c1-14(2)21-11-15(9-18-21)10-20-7-4-6-17(13-20)12-19(3)8-5-16(17)22/h9,11,14,16,22H,4-8,10,12-13H2,1-3H3/t16-,17-/m0/s1. The minimum absolute atomic E-state index is 0.0687. The molecule has 1 spiro atoms. The summed E-state index contributed by atoms with van der Waals surface area (Å²) in [7, 11) is 2.18. The molecule has 1 N–H and O–H groups in total. The summed E-state index contributed by atoms with van der Waals surface area (Å²) >= 11 is 0.